The van der Waals surface area contributed by atoms with Gasteiger partial charge in [0.15, 0.2) is 9.84 Å². The molecule has 1 atom stereocenters. The lowest BCUT2D eigenvalue weighted by molar-refractivity contribution is 0.0722. The summed E-state index contributed by atoms with van der Waals surface area (Å²) in [6.07, 6.45) is 7.99. The summed E-state index contributed by atoms with van der Waals surface area (Å²) in [6.45, 7) is 1.94. The highest BCUT2D eigenvalue weighted by molar-refractivity contribution is 7.90. The molecule has 4 aromatic rings. The highest BCUT2D eigenvalue weighted by atomic mass is 32.2. The largest absolute Gasteiger partial charge is 0.351 e. The van der Waals surface area contributed by atoms with Crippen LogP contribution in [0.15, 0.2) is 60.0 Å². The third-order valence-corrected chi connectivity index (χ3v) is 6.84. The van der Waals surface area contributed by atoms with E-state index in [0.29, 0.717) is 28.6 Å². The average molecular weight is 470 g/mol. The second-order valence-corrected chi connectivity index (χ2v) is 9.99. The number of benzene rings is 1. The molecular formula is C23H24FN5O3S. The summed E-state index contributed by atoms with van der Waals surface area (Å²) in [7, 11) is 0.0830. The Kier molecular flexibility index (Phi) is 5.79. The molecule has 1 amide bonds. The molecule has 8 nitrogen and oxygen atoms in total. The molecule has 0 unspecified atom stereocenters. The van der Waals surface area contributed by atoms with Gasteiger partial charge in [-0.15, -0.1) is 0 Å². The maximum Gasteiger partial charge on any atom is 0.256 e. The van der Waals surface area contributed by atoms with Gasteiger partial charge in [0.25, 0.3) is 5.91 Å². The van der Waals surface area contributed by atoms with Gasteiger partial charge in [0.2, 0.25) is 0 Å². The van der Waals surface area contributed by atoms with E-state index in [2.05, 4.69) is 10.1 Å². The van der Waals surface area contributed by atoms with Crippen molar-refractivity contribution in [1.29, 1.82) is 0 Å². The Morgan fingerprint density at radius 1 is 1.18 bits per heavy atom. The molecule has 3 aromatic heterocycles. The molecule has 0 aliphatic rings. The van der Waals surface area contributed by atoms with E-state index in [4.69, 9.17) is 0 Å². The van der Waals surface area contributed by atoms with Crippen LogP contribution in [0.4, 0.5) is 4.39 Å². The molecule has 0 spiro atoms. The number of aryl methyl sites for hydroxylation is 1. The predicted octanol–water partition coefficient (Wildman–Crippen LogP) is 3.52. The van der Waals surface area contributed by atoms with E-state index in [1.807, 2.05) is 6.92 Å². The molecule has 172 valence electrons. The Morgan fingerprint density at radius 3 is 2.48 bits per heavy atom. The Morgan fingerprint density at radius 2 is 1.88 bits per heavy atom. The number of aromatic nitrogens is 4. The zero-order valence-corrected chi connectivity index (χ0v) is 19.5. The highest BCUT2D eigenvalue weighted by Gasteiger charge is 2.27. The molecule has 0 saturated carbocycles. The molecule has 0 fully saturated rings. The smallest absolute Gasteiger partial charge is 0.256 e. The summed E-state index contributed by atoms with van der Waals surface area (Å²) >= 11 is 0. The standard InChI is InChI=1S/C23H24FN5O3S/c1-5-20(21-10-17(14-27(21)2)33(4,31)32)28(3)23(30)19-11-25-13-22-18(19)12-26-29(22)16-8-6-15(24)7-9-16/h6-14,20H,5H2,1-4H3/t20-/m1/s1. The van der Waals surface area contributed by atoms with E-state index < -0.39 is 9.84 Å². The summed E-state index contributed by atoms with van der Waals surface area (Å²) in [4.78, 5) is 19.5. The fraction of sp³-hybridized carbons (Fsp3) is 0.261. The average Bonchev–Trinajstić information content (AvgIpc) is 3.38. The number of carbonyl (C=O) groups is 1. The van der Waals surface area contributed by atoms with Gasteiger partial charge in [-0.05, 0) is 36.8 Å². The van der Waals surface area contributed by atoms with Crippen molar-refractivity contribution in [2.45, 2.75) is 24.3 Å². The van der Waals surface area contributed by atoms with Gasteiger partial charge in [-0.3, -0.25) is 9.78 Å². The minimum atomic E-state index is -3.37. The van der Waals surface area contributed by atoms with E-state index in [9.17, 15) is 17.6 Å². The first-order valence-electron chi connectivity index (χ1n) is 10.3. The number of rotatable bonds is 6. The van der Waals surface area contributed by atoms with Crippen LogP contribution in [0.3, 0.4) is 0 Å². The quantitative estimate of drug-likeness (QED) is 0.431. The molecule has 0 aliphatic heterocycles. The van der Waals surface area contributed by atoms with E-state index in [1.165, 1.54) is 18.3 Å². The number of carbonyl (C=O) groups excluding carboxylic acids is 1. The summed E-state index contributed by atoms with van der Waals surface area (Å²) in [5, 5.41) is 4.99. The lowest BCUT2D eigenvalue weighted by Gasteiger charge is -2.28. The number of fused-ring (bicyclic) bond motifs is 1. The van der Waals surface area contributed by atoms with E-state index in [-0.39, 0.29) is 22.7 Å². The minimum Gasteiger partial charge on any atom is -0.351 e. The lowest BCUT2D eigenvalue weighted by Crippen LogP contribution is -2.32. The first kappa shape index (κ1) is 22.7. The van der Waals surface area contributed by atoms with Crippen molar-refractivity contribution in [2.75, 3.05) is 13.3 Å². The summed E-state index contributed by atoms with van der Waals surface area (Å²) in [6, 6.07) is 7.15. The molecule has 0 saturated heterocycles. The number of sulfone groups is 1. The summed E-state index contributed by atoms with van der Waals surface area (Å²) in [5.74, 6) is -0.614. The molecule has 1 aromatic carbocycles. The minimum absolute atomic E-state index is 0.212. The van der Waals surface area contributed by atoms with Crippen LogP contribution in [0, 0.1) is 5.82 Å². The van der Waals surface area contributed by atoms with Crippen LogP contribution in [0.25, 0.3) is 16.6 Å². The van der Waals surface area contributed by atoms with Gasteiger partial charge in [0.05, 0.1) is 40.1 Å². The highest BCUT2D eigenvalue weighted by Crippen LogP contribution is 2.29. The van der Waals surface area contributed by atoms with Crippen molar-refractivity contribution >= 4 is 26.6 Å². The van der Waals surface area contributed by atoms with Gasteiger partial charge in [0, 0.05) is 43.8 Å². The van der Waals surface area contributed by atoms with Crippen molar-refractivity contribution in [3.63, 3.8) is 0 Å². The van der Waals surface area contributed by atoms with Crippen molar-refractivity contribution in [2.24, 2.45) is 7.05 Å². The van der Waals surface area contributed by atoms with Crippen LogP contribution < -0.4 is 0 Å². The third kappa shape index (κ3) is 4.13. The molecule has 0 aliphatic carbocycles. The van der Waals surface area contributed by atoms with Gasteiger partial charge in [-0.25, -0.2) is 17.5 Å². The number of nitrogens with zero attached hydrogens (tertiary/aromatic N) is 5. The first-order chi connectivity index (χ1) is 15.6. The Labute approximate surface area is 191 Å². The van der Waals surface area contributed by atoms with Crippen molar-refractivity contribution in [3.8, 4) is 5.69 Å². The number of pyridine rings is 1. The maximum atomic E-state index is 13.5. The topological polar surface area (TPSA) is 90.1 Å². The maximum absolute atomic E-state index is 13.5. The fourth-order valence-corrected chi connectivity index (χ4v) is 4.68. The van der Waals surface area contributed by atoms with Crippen LogP contribution in [0.1, 0.15) is 35.4 Å². The van der Waals surface area contributed by atoms with Crippen molar-refractivity contribution < 1.29 is 17.6 Å². The Bertz CT molecular complexity index is 1440. The predicted molar refractivity (Wildman–Crippen MR) is 122 cm³/mol. The van der Waals surface area contributed by atoms with Crippen LogP contribution in [-0.4, -0.2) is 51.9 Å². The van der Waals surface area contributed by atoms with Crippen LogP contribution in [0.5, 0.6) is 0 Å². The molecule has 33 heavy (non-hydrogen) atoms. The summed E-state index contributed by atoms with van der Waals surface area (Å²) in [5.41, 5.74) is 2.36. The van der Waals surface area contributed by atoms with E-state index in [1.54, 1.807) is 65.0 Å². The summed E-state index contributed by atoms with van der Waals surface area (Å²) < 4.78 is 40.6. The second kappa shape index (κ2) is 8.43. The molecule has 3 heterocycles. The number of amides is 1. The normalized spacial score (nSPS) is 12.8. The molecular weight excluding hydrogens is 445 g/mol. The second-order valence-electron chi connectivity index (χ2n) is 7.98. The molecule has 0 radical (unpaired) electrons. The number of hydrogen-bond donors (Lipinski definition) is 0. The van der Waals surface area contributed by atoms with Crippen LogP contribution in [-0.2, 0) is 16.9 Å². The van der Waals surface area contributed by atoms with Gasteiger partial charge in [-0.1, -0.05) is 6.92 Å². The van der Waals surface area contributed by atoms with Crippen LogP contribution in [0.2, 0.25) is 0 Å². The van der Waals surface area contributed by atoms with Crippen molar-refractivity contribution in [3.05, 3.63) is 72.2 Å². The molecule has 4 rings (SSSR count). The van der Waals surface area contributed by atoms with Gasteiger partial charge >= 0.3 is 0 Å². The van der Waals surface area contributed by atoms with Gasteiger partial charge in [0.1, 0.15) is 5.82 Å². The number of hydrogen-bond acceptors (Lipinski definition) is 5. The monoisotopic (exact) mass is 469 g/mol. The lowest BCUT2D eigenvalue weighted by atomic mass is 10.1. The zero-order valence-electron chi connectivity index (χ0n) is 18.7. The molecule has 0 bridgehead atoms. The first-order valence-corrected chi connectivity index (χ1v) is 12.2. The zero-order chi connectivity index (χ0) is 23.9. The van der Waals surface area contributed by atoms with Crippen LogP contribution >= 0.6 is 0 Å². The van der Waals surface area contributed by atoms with Gasteiger partial charge < -0.3 is 9.47 Å². The molecule has 0 N–H and O–H groups in total. The Balaban J connectivity index is 1.72. The van der Waals surface area contributed by atoms with Crippen molar-refractivity contribution in [1.82, 2.24) is 24.2 Å². The van der Waals surface area contributed by atoms with Gasteiger partial charge in [-0.2, -0.15) is 5.10 Å². The Hall–Kier alpha value is -3.53. The van der Waals surface area contributed by atoms with E-state index in [0.717, 1.165) is 11.9 Å². The van der Waals surface area contributed by atoms with E-state index >= 15 is 0 Å². The number of halogens is 1. The third-order valence-electron chi connectivity index (χ3n) is 5.76. The fourth-order valence-electron chi connectivity index (χ4n) is 4.00. The molecule has 10 heteroatoms. The SMILES string of the molecule is CC[C@H](c1cc(S(C)(=O)=O)cn1C)N(C)C(=O)c1cncc2c1cnn2-c1ccc(F)cc1.